The van der Waals surface area contributed by atoms with Crippen LogP contribution in [-0.4, -0.2) is 12.0 Å². The zero-order valence-corrected chi connectivity index (χ0v) is 11.8. The van der Waals surface area contributed by atoms with E-state index in [-0.39, 0.29) is 12.0 Å². The Morgan fingerprint density at radius 1 is 1.20 bits per heavy atom. The summed E-state index contributed by atoms with van der Waals surface area (Å²) < 4.78 is 10.4. The van der Waals surface area contributed by atoms with E-state index in [9.17, 15) is 4.79 Å². The van der Waals surface area contributed by atoms with E-state index in [0.717, 1.165) is 11.1 Å². The maximum atomic E-state index is 11.7. The Morgan fingerprint density at radius 2 is 1.90 bits per heavy atom. The summed E-state index contributed by atoms with van der Waals surface area (Å²) in [5, 5.41) is 2.84. The number of carbonyl (C=O) groups excluding carboxylic acids is 1. The molecule has 0 spiro atoms. The van der Waals surface area contributed by atoms with Crippen LogP contribution in [0, 0.1) is 0 Å². The number of furan rings is 1. The van der Waals surface area contributed by atoms with Crippen LogP contribution in [0.15, 0.2) is 47.3 Å². The minimum atomic E-state index is -0.133. The van der Waals surface area contributed by atoms with Crippen molar-refractivity contribution in [2.45, 2.75) is 33.1 Å². The highest BCUT2D eigenvalue weighted by atomic mass is 16.5. The van der Waals surface area contributed by atoms with E-state index in [0.29, 0.717) is 18.7 Å². The summed E-state index contributed by atoms with van der Waals surface area (Å²) in [7, 11) is 0. The topological polar surface area (TPSA) is 51.5 Å². The third-order valence-electron chi connectivity index (χ3n) is 2.84. The number of rotatable bonds is 6. The first-order chi connectivity index (χ1) is 9.65. The molecule has 0 aliphatic heterocycles. The molecule has 1 aromatic carbocycles. The second-order valence-corrected chi connectivity index (χ2v) is 4.87. The fourth-order valence-corrected chi connectivity index (χ4v) is 1.69. The van der Waals surface area contributed by atoms with Crippen LogP contribution < -0.4 is 5.32 Å². The van der Waals surface area contributed by atoms with E-state index >= 15 is 0 Å². The summed E-state index contributed by atoms with van der Waals surface area (Å²) in [5.74, 6) is -0.133. The van der Waals surface area contributed by atoms with Crippen LogP contribution in [0.2, 0.25) is 0 Å². The highest BCUT2D eigenvalue weighted by Crippen LogP contribution is 2.07. The molecule has 0 fully saturated rings. The Hall–Kier alpha value is -2.07. The molecule has 0 radical (unpaired) electrons. The first-order valence-corrected chi connectivity index (χ1v) is 6.65. The first-order valence-electron chi connectivity index (χ1n) is 6.65. The molecule has 2 rings (SSSR count). The monoisotopic (exact) mass is 273 g/mol. The van der Waals surface area contributed by atoms with Crippen LogP contribution in [0.5, 0.6) is 0 Å². The average molecular weight is 273 g/mol. The van der Waals surface area contributed by atoms with Crippen molar-refractivity contribution in [2.24, 2.45) is 0 Å². The van der Waals surface area contributed by atoms with Gasteiger partial charge in [0.05, 0.1) is 24.5 Å². The highest BCUT2D eigenvalue weighted by molar-refractivity contribution is 5.93. The van der Waals surface area contributed by atoms with Crippen molar-refractivity contribution in [3.8, 4) is 0 Å². The third-order valence-corrected chi connectivity index (χ3v) is 2.84. The van der Waals surface area contributed by atoms with Gasteiger partial charge in [-0.15, -0.1) is 0 Å². The van der Waals surface area contributed by atoms with Gasteiger partial charge in [-0.1, -0.05) is 24.3 Å². The van der Waals surface area contributed by atoms with Gasteiger partial charge in [0.2, 0.25) is 0 Å². The summed E-state index contributed by atoms with van der Waals surface area (Å²) in [6, 6.07) is 9.66. The van der Waals surface area contributed by atoms with E-state index in [1.165, 1.54) is 12.5 Å². The average Bonchev–Trinajstić information content (AvgIpc) is 2.98. The van der Waals surface area contributed by atoms with E-state index < -0.39 is 0 Å². The summed E-state index contributed by atoms with van der Waals surface area (Å²) >= 11 is 0. The first kappa shape index (κ1) is 14.3. The van der Waals surface area contributed by atoms with Crippen LogP contribution in [0.3, 0.4) is 0 Å². The minimum absolute atomic E-state index is 0.133. The molecule has 0 atom stereocenters. The summed E-state index contributed by atoms with van der Waals surface area (Å²) in [6.07, 6.45) is 3.14. The van der Waals surface area contributed by atoms with Gasteiger partial charge in [-0.25, -0.2) is 0 Å². The molecule has 1 aromatic heterocycles. The largest absolute Gasteiger partial charge is 0.472 e. The molecular formula is C16H19NO3. The van der Waals surface area contributed by atoms with Gasteiger partial charge < -0.3 is 14.5 Å². The number of nitrogens with one attached hydrogen (secondary N) is 1. The van der Waals surface area contributed by atoms with Gasteiger partial charge in [-0.2, -0.15) is 0 Å². The molecule has 0 saturated carbocycles. The van der Waals surface area contributed by atoms with Gasteiger partial charge in [0.1, 0.15) is 6.26 Å². The quantitative estimate of drug-likeness (QED) is 0.879. The predicted molar refractivity (Wildman–Crippen MR) is 76.2 cm³/mol. The van der Waals surface area contributed by atoms with Gasteiger partial charge in [0.15, 0.2) is 0 Å². The molecule has 0 aliphatic rings. The van der Waals surface area contributed by atoms with Crippen LogP contribution in [0.4, 0.5) is 0 Å². The second-order valence-electron chi connectivity index (χ2n) is 4.87. The van der Waals surface area contributed by atoms with Gasteiger partial charge in [-0.05, 0) is 31.0 Å². The Bertz CT molecular complexity index is 529. The van der Waals surface area contributed by atoms with Gasteiger partial charge in [0, 0.05) is 6.54 Å². The van der Waals surface area contributed by atoms with Crippen LogP contribution >= 0.6 is 0 Å². The molecule has 4 nitrogen and oxygen atoms in total. The lowest BCUT2D eigenvalue weighted by atomic mass is 10.1. The number of hydrogen-bond acceptors (Lipinski definition) is 3. The molecule has 1 amide bonds. The van der Waals surface area contributed by atoms with E-state index in [2.05, 4.69) is 5.32 Å². The maximum absolute atomic E-state index is 11.7. The van der Waals surface area contributed by atoms with Crippen molar-refractivity contribution in [2.75, 3.05) is 0 Å². The number of benzene rings is 1. The molecule has 4 heteroatoms. The molecule has 1 N–H and O–H groups in total. The molecule has 20 heavy (non-hydrogen) atoms. The third kappa shape index (κ3) is 4.24. The summed E-state index contributed by atoms with van der Waals surface area (Å²) in [6.45, 7) is 5.13. The summed E-state index contributed by atoms with van der Waals surface area (Å²) in [4.78, 5) is 11.7. The fourth-order valence-electron chi connectivity index (χ4n) is 1.69. The van der Waals surface area contributed by atoms with Crippen molar-refractivity contribution in [3.05, 3.63) is 59.5 Å². The van der Waals surface area contributed by atoms with Gasteiger partial charge >= 0.3 is 0 Å². The molecule has 2 aromatic rings. The zero-order chi connectivity index (χ0) is 14.4. The van der Waals surface area contributed by atoms with Crippen LogP contribution in [0.1, 0.15) is 35.3 Å². The smallest absolute Gasteiger partial charge is 0.254 e. The molecule has 1 heterocycles. The molecule has 0 bridgehead atoms. The Balaban J connectivity index is 1.83. The lowest BCUT2D eigenvalue weighted by Crippen LogP contribution is -2.22. The summed E-state index contributed by atoms with van der Waals surface area (Å²) in [5.41, 5.74) is 2.71. The molecule has 106 valence electrons. The van der Waals surface area contributed by atoms with Crippen molar-refractivity contribution in [3.63, 3.8) is 0 Å². The normalized spacial score (nSPS) is 10.8. The lowest BCUT2D eigenvalue weighted by molar-refractivity contribution is 0.0657. The Labute approximate surface area is 118 Å². The van der Waals surface area contributed by atoms with E-state index in [1.807, 2.05) is 38.1 Å². The standard InChI is InChI=1S/C16H19NO3/c1-12(2)20-10-14-5-3-13(4-6-14)9-17-16(18)15-7-8-19-11-15/h3-8,11-12H,9-10H2,1-2H3,(H,17,18). The fraction of sp³-hybridized carbons (Fsp3) is 0.312. The number of carbonyl (C=O) groups is 1. The minimum Gasteiger partial charge on any atom is -0.472 e. The molecule has 0 saturated heterocycles. The Kier molecular flexibility index (Phi) is 4.96. The van der Waals surface area contributed by atoms with Crippen LogP contribution in [0.25, 0.3) is 0 Å². The van der Waals surface area contributed by atoms with Crippen LogP contribution in [-0.2, 0) is 17.9 Å². The predicted octanol–water partition coefficient (Wildman–Crippen LogP) is 3.13. The van der Waals surface area contributed by atoms with Gasteiger partial charge in [0.25, 0.3) is 5.91 Å². The van der Waals surface area contributed by atoms with Crippen molar-refractivity contribution in [1.82, 2.24) is 5.32 Å². The number of amides is 1. The van der Waals surface area contributed by atoms with E-state index in [4.69, 9.17) is 9.15 Å². The van der Waals surface area contributed by atoms with E-state index in [1.54, 1.807) is 6.07 Å². The molecule has 0 unspecified atom stereocenters. The SMILES string of the molecule is CC(C)OCc1ccc(CNC(=O)c2ccoc2)cc1. The van der Waals surface area contributed by atoms with Crippen molar-refractivity contribution >= 4 is 5.91 Å². The number of ether oxygens (including phenoxy) is 1. The van der Waals surface area contributed by atoms with Crippen molar-refractivity contribution in [1.29, 1.82) is 0 Å². The zero-order valence-electron chi connectivity index (χ0n) is 11.8. The molecular weight excluding hydrogens is 254 g/mol. The lowest BCUT2D eigenvalue weighted by Gasteiger charge is -2.08. The highest BCUT2D eigenvalue weighted by Gasteiger charge is 2.06. The Morgan fingerprint density at radius 3 is 2.50 bits per heavy atom. The van der Waals surface area contributed by atoms with Gasteiger partial charge in [-0.3, -0.25) is 4.79 Å². The maximum Gasteiger partial charge on any atom is 0.254 e. The number of hydrogen-bond donors (Lipinski definition) is 1. The second kappa shape index (κ2) is 6.91. The van der Waals surface area contributed by atoms with Crippen molar-refractivity contribution < 1.29 is 13.9 Å². The molecule has 0 aliphatic carbocycles.